The number of carbonyl (C=O) groups is 1. The van der Waals surface area contributed by atoms with Gasteiger partial charge in [-0.05, 0) is 18.8 Å². The number of rotatable bonds is 4. The summed E-state index contributed by atoms with van der Waals surface area (Å²) in [6.45, 7) is 4.40. The molecular formula is C16H25N5O3. The zero-order valence-corrected chi connectivity index (χ0v) is 14.0. The molecule has 0 bridgehead atoms. The fourth-order valence-electron chi connectivity index (χ4n) is 3.12. The number of carbonyl (C=O) groups excluding carboxylic acids is 1. The van der Waals surface area contributed by atoms with Crippen LogP contribution in [0.2, 0.25) is 0 Å². The minimum Gasteiger partial charge on any atom is -0.370 e. The zero-order valence-electron chi connectivity index (χ0n) is 14.0. The summed E-state index contributed by atoms with van der Waals surface area (Å²) in [5, 5.41) is 10.2. The van der Waals surface area contributed by atoms with E-state index < -0.39 is 0 Å². The maximum Gasteiger partial charge on any atom is 0.268 e. The second kappa shape index (κ2) is 7.76. The number of anilines is 1. The number of amides is 1. The first kappa shape index (κ1) is 16.9. The van der Waals surface area contributed by atoms with Gasteiger partial charge in [-0.3, -0.25) is 9.59 Å². The van der Waals surface area contributed by atoms with Crippen LogP contribution in [0.5, 0.6) is 0 Å². The number of aromatic nitrogens is 2. The van der Waals surface area contributed by atoms with E-state index in [1.807, 2.05) is 0 Å². The molecule has 0 aliphatic carbocycles. The van der Waals surface area contributed by atoms with Gasteiger partial charge in [-0.1, -0.05) is 0 Å². The maximum absolute atomic E-state index is 12.1. The molecule has 2 fully saturated rings. The van der Waals surface area contributed by atoms with Crippen molar-refractivity contribution < 1.29 is 9.53 Å². The largest absolute Gasteiger partial charge is 0.370 e. The molecule has 132 valence electrons. The summed E-state index contributed by atoms with van der Waals surface area (Å²) < 4.78 is 6.78. The van der Waals surface area contributed by atoms with Crippen LogP contribution in [0.3, 0.4) is 0 Å². The van der Waals surface area contributed by atoms with E-state index in [0.717, 1.165) is 38.2 Å². The van der Waals surface area contributed by atoms with Gasteiger partial charge < -0.3 is 20.3 Å². The maximum atomic E-state index is 12.1. The lowest BCUT2D eigenvalue weighted by molar-refractivity contribution is -0.134. The van der Waals surface area contributed by atoms with Crippen LogP contribution in [0, 0.1) is 5.92 Å². The average molecular weight is 335 g/mol. The fraction of sp³-hybridized carbons (Fsp3) is 0.688. The highest BCUT2D eigenvalue weighted by Gasteiger charge is 2.24. The summed E-state index contributed by atoms with van der Waals surface area (Å²) in [6.07, 6.45) is 3.33. The Labute approximate surface area is 141 Å². The molecule has 1 aromatic rings. The molecule has 2 N–H and O–H groups in total. The van der Waals surface area contributed by atoms with E-state index in [2.05, 4.69) is 20.6 Å². The van der Waals surface area contributed by atoms with Crippen molar-refractivity contribution in [1.29, 1.82) is 0 Å². The number of hydrogen-bond donors (Lipinski definition) is 2. The van der Waals surface area contributed by atoms with Crippen LogP contribution in [-0.4, -0.2) is 61.1 Å². The van der Waals surface area contributed by atoms with E-state index >= 15 is 0 Å². The average Bonchev–Trinajstić information content (AvgIpc) is 2.63. The molecule has 1 atom stereocenters. The Kier molecular flexibility index (Phi) is 5.47. The van der Waals surface area contributed by atoms with Crippen molar-refractivity contribution in [3.8, 4) is 0 Å². The van der Waals surface area contributed by atoms with Gasteiger partial charge in [0.1, 0.15) is 6.10 Å². The zero-order chi connectivity index (χ0) is 16.9. The number of ether oxygens (including phenoxy) is 1. The van der Waals surface area contributed by atoms with Gasteiger partial charge >= 0.3 is 0 Å². The van der Waals surface area contributed by atoms with Crippen molar-refractivity contribution in [2.45, 2.75) is 18.9 Å². The van der Waals surface area contributed by atoms with Crippen molar-refractivity contribution in [1.82, 2.24) is 20.4 Å². The summed E-state index contributed by atoms with van der Waals surface area (Å²) in [6, 6.07) is 1.63. The van der Waals surface area contributed by atoms with Gasteiger partial charge in [-0.15, -0.1) is 0 Å². The normalized spacial score (nSPS) is 22.4. The van der Waals surface area contributed by atoms with Gasteiger partial charge in [0.25, 0.3) is 5.56 Å². The van der Waals surface area contributed by atoms with Gasteiger partial charge in [-0.2, -0.15) is 5.10 Å². The van der Waals surface area contributed by atoms with Crippen LogP contribution in [0.15, 0.2) is 17.1 Å². The van der Waals surface area contributed by atoms with Crippen molar-refractivity contribution in [2.75, 3.05) is 44.2 Å². The van der Waals surface area contributed by atoms with Gasteiger partial charge in [-0.25, -0.2) is 4.68 Å². The Morgan fingerprint density at radius 1 is 1.46 bits per heavy atom. The standard InChI is InChI=1S/C16H25N5O3/c1-20-15(22)8-13(10-19-20)21-5-2-12(3-6-21)9-18-16(23)14-11-17-4-7-24-14/h8,10,12,14,17H,2-7,9,11H2,1H3,(H,18,23)/t14-/m1/s1. The summed E-state index contributed by atoms with van der Waals surface area (Å²) in [5.74, 6) is 0.432. The third-order valence-electron chi connectivity index (χ3n) is 4.72. The van der Waals surface area contributed by atoms with E-state index in [0.29, 0.717) is 25.6 Å². The molecule has 0 radical (unpaired) electrons. The lowest BCUT2D eigenvalue weighted by Crippen LogP contribution is -2.49. The topological polar surface area (TPSA) is 88.5 Å². The van der Waals surface area contributed by atoms with Gasteiger partial charge in [0.2, 0.25) is 5.91 Å². The van der Waals surface area contributed by atoms with Crippen LogP contribution in [0.1, 0.15) is 12.8 Å². The molecule has 0 unspecified atom stereocenters. The van der Waals surface area contributed by atoms with E-state index in [1.54, 1.807) is 19.3 Å². The van der Waals surface area contributed by atoms with Crippen LogP contribution in [0.4, 0.5) is 5.69 Å². The summed E-state index contributed by atoms with van der Waals surface area (Å²) in [4.78, 5) is 25.9. The molecule has 0 spiro atoms. The Bertz CT molecular complexity index is 618. The lowest BCUT2D eigenvalue weighted by Gasteiger charge is -2.33. The number of morpholine rings is 1. The fourth-order valence-corrected chi connectivity index (χ4v) is 3.12. The monoisotopic (exact) mass is 335 g/mol. The Morgan fingerprint density at radius 3 is 2.92 bits per heavy atom. The predicted molar refractivity (Wildman–Crippen MR) is 90.0 cm³/mol. The molecule has 1 aromatic heterocycles. The van der Waals surface area contributed by atoms with Gasteiger partial charge in [0.05, 0.1) is 18.5 Å². The number of aryl methyl sites for hydroxylation is 1. The van der Waals surface area contributed by atoms with Crippen molar-refractivity contribution in [3.05, 3.63) is 22.6 Å². The third kappa shape index (κ3) is 4.12. The quantitative estimate of drug-likeness (QED) is 0.741. The number of nitrogens with zero attached hydrogens (tertiary/aromatic N) is 3. The first-order chi connectivity index (χ1) is 11.6. The summed E-state index contributed by atoms with van der Waals surface area (Å²) in [7, 11) is 1.65. The molecule has 0 saturated carbocycles. The van der Waals surface area contributed by atoms with E-state index in [4.69, 9.17) is 4.74 Å². The number of piperidine rings is 1. The molecule has 2 aliphatic rings. The molecule has 0 aromatic carbocycles. The Hall–Kier alpha value is -1.93. The van der Waals surface area contributed by atoms with Gasteiger partial charge in [0, 0.05) is 45.8 Å². The minimum absolute atomic E-state index is 0.0274. The van der Waals surface area contributed by atoms with Crippen molar-refractivity contribution in [2.24, 2.45) is 13.0 Å². The first-order valence-electron chi connectivity index (χ1n) is 8.52. The summed E-state index contributed by atoms with van der Waals surface area (Å²) in [5.41, 5.74) is 0.783. The molecular weight excluding hydrogens is 310 g/mol. The van der Waals surface area contributed by atoms with Crippen LogP contribution < -0.4 is 21.1 Å². The smallest absolute Gasteiger partial charge is 0.268 e. The highest BCUT2D eigenvalue weighted by atomic mass is 16.5. The molecule has 2 aliphatic heterocycles. The Balaban J connectivity index is 1.44. The second-order valence-corrected chi connectivity index (χ2v) is 6.41. The van der Waals surface area contributed by atoms with E-state index in [-0.39, 0.29) is 17.6 Å². The lowest BCUT2D eigenvalue weighted by atomic mass is 9.96. The minimum atomic E-state index is -0.370. The highest BCUT2D eigenvalue weighted by molar-refractivity contribution is 5.81. The van der Waals surface area contributed by atoms with E-state index in [1.165, 1.54) is 4.68 Å². The predicted octanol–water partition coefficient (Wildman–Crippen LogP) is -0.899. The van der Waals surface area contributed by atoms with Crippen LogP contribution in [0.25, 0.3) is 0 Å². The highest BCUT2D eigenvalue weighted by Crippen LogP contribution is 2.21. The molecule has 3 heterocycles. The number of hydrogen-bond acceptors (Lipinski definition) is 6. The Morgan fingerprint density at radius 2 is 2.25 bits per heavy atom. The second-order valence-electron chi connectivity index (χ2n) is 6.41. The third-order valence-corrected chi connectivity index (χ3v) is 4.72. The molecule has 24 heavy (non-hydrogen) atoms. The van der Waals surface area contributed by atoms with Crippen molar-refractivity contribution >= 4 is 11.6 Å². The molecule has 2 saturated heterocycles. The first-order valence-corrected chi connectivity index (χ1v) is 8.52. The SMILES string of the molecule is Cn1ncc(N2CCC(CNC(=O)[C@H]3CNCCO3)CC2)cc1=O. The van der Waals surface area contributed by atoms with Crippen molar-refractivity contribution in [3.63, 3.8) is 0 Å². The van der Waals surface area contributed by atoms with Crippen LogP contribution in [-0.2, 0) is 16.6 Å². The molecule has 3 rings (SSSR count). The molecule has 8 heteroatoms. The van der Waals surface area contributed by atoms with Crippen LogP contribution >= 0.6 is 0 Å². The number of nitrogens with one attached hydrogen (secondary N) is 2. The molecule has 1 amide bonds. The summed E-state index contributed by atoms with van der Waals surface area (Å²) >= 11 is 0. The molecule has 8 nitrogen and oxygen atoms in total. The van der Waals surface area contributed by atoms with E-state index in [9.17, 15) is 9.59 Å². The van der Waals surface area contributed by atoms with Gasteiger partial charge in [0.15, 0.2) is 0 Å².